The molecule has 1 rings (SSSR count). The van der Waals surface area contributed by atoms with Crippen LogP contribution in [0, 0.1) is 6.92 Å². The molecule has 0 amide bonds. The summed E-state index contributed by atoms with van der Waals surface area (Å²) in [5, 5.41) is 0. The van der Waals surface area contributed by atoms with Crippen LogP contribution in [0.15, 0.2) is 28.2 Å². The summed E-state index contributed by atoms with van der Waals surface area (Å²) in [6, 6.07) is 1.90. The van der Waals surface area contributed by atoms with Crippen LogP contribution in [0.4, 0.5) is 5.69 Å². The number of nitrogens with zero attached hydrogens (tertiary/aromatic N) is 3. The van der Waals surface area contributed by atoms with E-state index in [0.717, 1.165) is 22.4 Å². The van der Waals surface area contributed by atoms with Crippen LogP contribution >= 0.6 is 15.9 Å². The molecule has 0 saturated heterocycles. The summed E-state index contributed by atoms with van der Waals surface area (Å²) < 4.78 is 6.22. The molecule has 0 aromatic carbocycles. The highest BCUT2D eigenvalue weighted by atomic mass is 79.9. The first-order chi connectivity index (χ1) is 8.58. The van der Waals surface area contributed by atoms with Crippen LogP contribution in [0.1, 0.15) is 12.6 Å². The second-order valence-corrected chi connectivity index (χ2v) is 4.65. The number of hydrogen-bond donors (Lipinski definition) is 0. The fourth-order valence-corrected chi connectivity index (χ4v) is 1.58. The van der Waals surface area contributed by atoms with E-state index in [1.54, 1.807) is 12.4 Å². The summed E-state index contributed by atoms with van der Waals surface area (Å²) in [5.74, 6) is 0.565. The standard InChI is InChI=1S/C13H18BrN3O/c1-5-7-18-13-11(14)8-12(10(3)16-13)15-9-17(4)6-2/h5,8-9H,1,6-7H2,2-4H3. The summed E-state index contributed by atoms with van der Waals surface area (Å²) in [5.41, 5.74) is 1.66. The van der Waals surface area contributed by atoms with E-state index >= 15 is 0 Å². The lowest BCUT2D eigenvalue weighted by Crippen LogP contribution is -2.14. The highest BCUT2D eigenvalue weighted by molar-refractivity contribution is 9.10. The van der Waals surface area contributed by atoms with E-state index in [4.69, 9.17) is 4.74 Å². The van der Waals surface area contributed by atoms with Gasteiger partial charge in [-0.15, -0.1) is 0 Å². The second-order valence-electron chi connectivity index (χ2n) is 3.80. The Morgan fingerprint density at radius 2 is 2.33 bits per heavy atom. The Bertz CT molecular complexity index is 446. The van der Waals surface area contributed by atoms with Gasteiger partial charge in [0.15, 0.2) is 0 Å². The summed E-state index contributed by atoms with van der Waals surface area (Å²) in [6.07, 6.45) is 3.48. The largest absolute Gasteiger partial charge is 0.473 e. The minimum absolute atomic E-state index is 0.437. The van der Waals surface area contributed by atoms with Crippen molar-refractivity contribution in [2.45, 2.75) is 13.8 Å². The number of aliphatic imine (C=N–C) groups is 1. The van der Waals surface area contributed by atoms with E-state index in [-0.39, 0.29) is 0 Å². The third kappa shape index (κ3) is 4.14. The number of ether oxygens (including phenoxy) is 1. The lowest BCUT2D eigenvalue weighted by Gasteiger charge is -2.10. The molecule has 0 atom stereocenters. The Hall–Kier alpha value is -1.36. The molecule has 0 saturated carbocycles. The molecule has 0 radical (unpaired) electrons. The number of hydrogen-bond acceptors (Lipinski definition) is 3. The van der Waals surface area contributed by atoms with Crippen LogP contribution in [0.3, 0.4) is 0 Å². The first-order valence-electron chi connectivity index (χ1n) is 5.73. The highest BCUT2D eigenvalue weighted by Gasteiger charge is 2.07. The first kappa shape index (κ1) is 14.7. The molecule has 5 heteroatoms. The van der Waals surface area contributed by atoms with E-state index < -0.39 is 0 Å². The highest BCUT2D eigenvalue weighted by Crippen LogP contribution is 2.29. The molecule has 1 aromatic heterocycles. The molecule has 0 aliphatic rings. The number of aryl methyl sites for hydroxylation is 1. The van der Waals surface area contributed by atoms with Crippen molar-refractivity contribution in [3.63, 3.8) is 0 Å². The van der Waals surface area contributed by atoms with Crippen molar-refractivity contribution >= 4 is 28.0 Å². The number of pyridine rings is 1. The van der Waals surface area contributed by atoms with Crippen molar-refractivity contribution in [2.24, 2.45) is 4.99 Å². The van der Waals surface area contributed by atoms with Gasteiger partial charge >= 0.3 is 0 Å². The predicted molar refractivity (Wildman–Crippen MR) is 78.8 cm³/mol. The maximum absolute atomic E-state index is 5.43. The molecule has 4 nitrogen and oxygen atoms in total. The van der Waals surface area contributed by atoms with E-state index in [1.165, 1.54) is 0 Å². The summed E-state index contributed by atoms with van der Waals surface area (Å²) >= 11 is 3.43. The molecule has 0 aliphatic carbocycles. The second kappa shape index (κ2) is 7.16. The maximum Gasteiger partial charge on any atom is 0.228 e. The molecule has 0 aliphatic heterocycles. The Morgan fingerprint density at radius 1 is 1.61 bits per heavy atom. The zero-order chi connectivity index (χ0) is 13.5. The van der Waals surface area contributed by atoms with Gasteiger partial charge in [0, 0.05) is 13.6 Å². The van der Waals surface area contributed by atoms with Crippen molar-refractivity contribution in [1.29, 1.82) is 0 Å². The molecular formula is C13H18BrN3O. The van der Waals surface area contributed by atoms with Gasteiger partial charge in [0.25, 0.3) is 0 Å². The van der Waals surface area contributed by atoms with E-state index in [2.05, 4.69) is 39.4 Å². The molecule has 0 N–H and O–H groups in total. The fraction of sp³-hybridized carbons (Fsp3) is 0.385. The smallest absolute Gasteiger partial charge is 0.228 e. The lowest BCUT2D eigenvalue weighted by atomic mass is 10.3. The van der Waals surface area contributed by atoms with E-state index in [0.29, 0.717) is 12.5 Å². The Morgan fingerprint density at radius 3 is 2.94 bits per heavy atom. The average Bonchev–Trinajstić information content (AvgIpc) is 2.37. The molecule has 98 valence electrons. The van der Waals surface area contributed by atoms with Crippen molar-refractivity contribution in [1.82, 2.24) is 9.88 Å². The molecule has 0 unspecified atom stereocenters. The third-order valence-corrected chi connectivity index (χ3v) is 2.91. The number of halogens is 1. The van der Waals surface area contributed by atoms with Crippen LogP contribution in [0.2, 0.25) is 0 Å². The van der Waals surface area contributed by atoms with Gasteiger partial charge in [-0.2, -0.15) is 0 Å². The SMILES string of the molecule is C=CCOc1nc(C)c(N=CN(C)CC)cc1Br. The molecule has 1 heterocycles. The van der Waals surface area contributed by atoms with E-state index in [1.807, 2.05) is 24.9 Å². The summed E-state index contributed by atoms with van der Waals surface area (Å²) in [4.78, 5) is 10.8. The minimum atomic E-state index is 0.437. The Kier molecular flexibility index (Phi) is 5.85. The monoisotopic (exact) mass is 311 g/mol. The molecule has 0 bridgehead atoms. The van der Waals surface area contributed by atoms with Gasteiger partial charge in [0.1, 0.15) is 6.61 Å². The maximum atomic E-state index is 5.43. The zero-order valence-electron chi connectivity index (χ0n) is 11.0. The summed E-state index contributed by atoms with van der Waals surface area (Å²) in [7, 11) is 1.98. The van der Waals surface area contributed by atoms with Gasteiger partial charge in [-0.05, 0) is 35.8 Å². The van der Waals surface area contributed by atoms with Gasteiger partial charge in [0.05, 0.1) is 22.2 Å². The molecule has 0 fully saturated rings. The van der Waals surface area contributed by atoms with Gasteiger partial charge < -0.3 is 9.64 Å². The van der Waals surface area contributed by atoms with Gasteiger partial charge in [-0.25, -0.2) is 9.98 Å². The topological polar surface area (TPSA) is 37.7 Å². The van der Waals surface area contributed by atoms with Crippen molar-refractivity contribution in [2.75, 3.05) is 20.2 Å². The predicted octanol–water partition coefficient (Wildman–Crippen LogP) is 3.33. The Labute approximate surface area is 117 Å². The number of rotatable bonds is 6. The third-order valence-electron chi connectivity index (χ3n) is 2.34. The normalized spacial score (nSPS) is 10.7. The molecule has 18 heavy (non-hydrogen) atoms. The van der Waals surface area contributed by atoms with Crippen LogP contribution in [0.25, 0.3) is 0 Å². The van der Waals surface area contributed by atoms with Crippen LogP contribution in [0.5, 0.6) is 5.88 Å². The van der Waals surface area contributed by atoms with E-state index in [9.17, 15) is 0 Å². The van der Waals surface area contributed by atoms with Crippen LogP contribution in [-0.2, 0) is 0 Å². The Balaban J connectivity index is 2.92. The van der Waals surface area contributed by atoms with Gasteiger partial charge in [-0.3, -0.25) is 0 Å². The van der Waals surface area contributed by atoms with Gasteiger partial charge in [0.2, 0.25) is 5.88 Å². The number of aromatic nitrogens is 1. The van der Waals surface area contributed by atoms with Crippen LogP contribution < -0.4 is 4.74 Å². The zero-order valence-corrected chi connectivity index (χ0v) is 12.6. The summed E-state index contributed by atoms with van der Waals surface area (Å²) in [6.45, 7) is 8.93. The lowest BCUT2D eigenvalue weighted by molar-refractivity contribution is 0.345. The first-order valence-corrected chi connectivity index (χ1v) is 6.53. The van der Waals surface area contributed by atoms with Crippen molar-refractivity contribution in [3.05, 3.63) is 28.9 Å². The average molecular weight is 312 g/mol. The van der Waals surface area contributed by atoms with Crippen molar-refractivity contribution < 1.29 is 4.74 Å². The molecule has 0 spiro atoms. The van der Waals surface area contributed by atoms with Crippen molar-refractivity contribution in [3.8, 4) is 5.88 Å². The van der Waals surface area contributed by atoms with Gasteiger partial charge in [-0.1, -0.05) is 12.7 Å². The minimum Gasteiger partial charge on any atom is -0.473 e. The quantitative estimate of drug-likeness (QED) is 0.459. The fourth-order valence-electron chi connectivity index (χ4n) is 1.16. The molecule has 1 aromatic rings. The molecular weight excluding hydrogens is 294 g/mol. The van der Waals surface area contributed by atoms with Crippen LogP contribution in [-0.4, -0.2) is 36.4 Å².